The minimum atomic E-state index is -0.721. The second-order valence-corrected chi connectivity index (χ2v) is 7.89. The smallest absolute Gasteiger partial charge is 0.338 e. The van der Waals surface area contributed by atoms with E-state index in [1.54, 1.807) is 24.3 Å². The lowest BCUT2D eigenvalue weighted by atomic mass is 10.1. The Morgan fingerprint density at radius 2 is 1.21 bits per heavy atom. The molecule has 0 spiro atoms. The normalized spacial score (nSPS) is 14.5. The Morgan fingerprint density at radius 1 is 0.647 bits per heavy atom. The zero-order valence-electron chi connectivity index (χ0n) is 17.9. The van der Waals surface area contributed by atoms with Gasteiger partial charge in [-0.05, 0) is 35.9 Å². The molecule has 0 aliphatic carbocycles. The molecule has 3 aromatic carbocycles. The van der Waals surface area contributed by atoms with Gasteiger partial charge in [-0.1, -0.05) is 42.5 Å². The van der Waals surface area contributed by atoms with Crippen LogP contribution in [0.4, 0.5) is 0 Å². The van der Waals surface area contributed by atoms with Crippen LogP contribution < -0.4 is 0 Å². The molecule has 2 aliphatic rings. The fraction of sp³-hybridized carbons (Fsp3) is 0.115. The number of carbonyl (C=O) groups is 5. The predicted octanol–water partition coefficient (Wildman–Crippen LogP) is 2.94. The number of esters is 1. The summed E-state index contributed by atoms with van der Waals surface area (Å²) in [6, 6.07) is 19.8. The van der Waals surface area contributed by atoms with Crippen molar-refractivity contribution in [2.24, 2.45) is 0 Å². The van der Waals surface area contributed by atoms with Crippen molar-refractivity contribution >= 4 is 29.6 Å². The highest BCUT2D eigenvalue weighted by Crippen LogP contribution is 2.26. The topological polar surface area (TPSA) is 101 Å². The summed E-state index contributed by atoms with van der Waals surface area (Å²) in [4.78, 5) is 65.0. The van der Waals surface area contributed by atoms with Gasteiger partial charge in [-0.15, -0.1) is 0 Å². The minimum absolute atomic E-state index is 0.0920. The quantitative estimate of drug-likeness (QED) is 0.419. The number of hydrogen-bond donors (Lipinski definition) is 0. The highest BCUT2D eigenvalue weighted by molar-refractivity contribution is 6.22. The molecule has 34 heavy (non-hydrogen) atoms. The second-order valence-electron chi connectivity index (χ2n) is 7.89. The van der Waals surface area contributed by atoms with Crippen LogP contribution in [0.5, 0.6) is 0 Å². The van der Waals surface area contributed by atoms with Gasteiger partial charge in [0.1, 0.15) is 6.61 Å². The fourth-order valence-corrected chi connectivity index (χ4v) is 4.08. The summed E-state index contributed by atoms with van der Waals surface area (Å²) in [7, 11) is 0. The molecule has 2 aliphatic heterocycles. The molecule has 5 rings (SSSR count). The van der Waals surface area contributed by atoms with Gasteiger partial charge in [-0.2, -0.15) is 0 Å². The van der Waals surface area contributed by atoms with Crippen LogP contribution in [0.25, 0.3) is 0 Å². The van der Waals surface area contributed by atoms with Gasteiger partial charge in [0, 0.05) is 0 Å². The van der Waals surface area contributed by atoms with Gasteiger partial charge in [-0.25, -0.2) is 4.79 Å². The molecule has 0 bridgehead atoms. The molecule has 3 aromatic rings. The molecule has 0 aromatic heterocycles. The molecule has 8 heteroatoms. The lowest BCUT2D eigenvalue weighted by Crippen LogP contribution is -2.33. The molecule has 0 unspecified atom stereocenters. The van der Waals surface area contributed by atoms with E-state index in [0.717, 1.165) is 15.4 Å². The van der Waals surface area contributed by atoms with Gasteiger partial charge < -0.3 is 4.74 Å². The summed E-state index contributed by atoms with van der Waals surface area (Å²) in [6.45, 7) is -0.160. The van der Waals surface area contributed by atoms with E-state index in [2.05, 4.69) is 0 Å². The van der Waals surface area contributed by atoms with Gasteiger partial charge in [-0.3, -0.25) is 29.0 Å². The Bertz CT molecular complexity index is 1330. The second kappa shape index (κ2) is 8.40. The Labute approximate surface area is 194 Å². The van der Waals surface area contributed by atoms with E-state index in [-0.39, 0.29) is 36.4 Å². The van der Waals surface area contributed by atoms with Crippen molar-refractivity contribution in [3.63, 3.8) is 0 Å². The van der Waals surface area contributed by atoms with E-state index >= 15 is 0 Å². The first-order chi connectivity index (χ1) is 16.5. The first-order valence-electron chi connectivity index (χ1n) is 10.6. The van der Waals surface area contributed by atoms with E-state index in [9.17, 15) is 24.0 Å². The number of nitrogens with zero attached hydrogens (tertiary/aromatic N) is 2. The average molecular weight is 454 g/mol. The van der Waals surface area contributed by atoms with Crippen LogP contribution in [-0.2, 0) is 11.3 Å². The van der Waals surface area contributed by atoms with Gasteiger partial charge in [0.25, 0.3) is 23.6 Å². The Kier molecular flexibility index (Phi) is 5.25. The van der Waals surface area contributed by atoms with Gasteiger partial charge in [0.2, 0.25) is 0 Å². The number of benzene rings is 3. The fourth-order valence-electron chi connectivity index (χ4n) is 4.08. The monoisotopic (exact) mass is 454 g/mol. The number of carbonyl (C=O) groups excluding carboxylic acids is 5. The van der Waals surface area contributed by atoms with E-state index < -0.39 is 29.6 Å². The number of ether oxygens (including phenoxy) is 1. The van der Waals surface area contributed by atoms with Crippen LogP contribution in [0.3, 0.4) is 0 Å². The SMILES string of the molecule is O=C(OCCN1C(=O)c2ccccc2C1=O)c1ccc2c(c1)C(=O)N(Cc1ccccc1)C2=O. The van der Waals surface area contributed by atoms with Crippen molar-refractivity contribution in [2.45, 2.75) is 6.54 Å². The molecule has 0 fully saturated rings. The number of rotatable bonds is 6. The molecule has 0 saturated heterocycles. The third-order valence-corrected chi connectivity index (χ3v) is 5.82. The van der Waals surface area contributed by atoms with Crippen LogP contribution in [0, 0.1) is 0 Å². The van der Waals surface area contributed by atoms with Gasteiger partial charge >= 0.3 is 5.97 Å². The van der Waals surface area contributed by atoms with Crippen molar-refractivity contribution in [3.8, 4) is 0 Å². The molecule has 2 heterocycles. The molecule has 0 radical (unpaired) electrons. The van der Waals surface area contributed by atoms with Crippen molar-refractivity contribution in [3.05, 3.63) is 106 Å². The maximum atomic E-state index is 12.8. The lowest BCUT2D eigenvalue weighted by molar-refractivity contribution is 0.0420. The minimum Gasteiger partial charge on any atom is -0.460 e. The molecule has 0 saturated carbocycles. The van der Waals surface area contributed by atoms with Crippen molar-refractivity contribution in [1.82, 2.24) is 9.80 Å². The van der Waals surface area contributed by atoms with Crippen molar-refractivity contribution in [2.75, 3.05) is 13.2 Å². The maximum absolute atomic E-state index is 12.8. The van der Waals surface area contributed by atoms with Gasteiger partial charge in [0.15, 0.2) is 0 Å². The van der Waals surface area contributed by atoms with Gasteiger partial charge in [0.05, 0.1) is 40.9 Å². The zero-order chi connectivity index (χ0) is 23.8. The maximum Gasteiger partial charge on any atom is 0.338 e. The number of hydrogen-bond acceptors (Lipinski definition) is 6. The third kappa shape index (κ3) is 3.55. The molecular weight excluding hydrogens is 436 g/mol. The number of amides is 4. The molecule has 4 amide bonds. The number of imide groups is 2. The van der Waals surface area contributed by atoms with Crippen molar-refractivity contribution < 1.29 is 28.7 Å². The molecule has 0 atom stereocenters. The Hall–Kier alpha value is -4.59. The van der Waals surface area contributed by atoms with E-state index in [4.69, 9.17) is 4.74 Å². The molecule has 168 valence electrons. The van der Waals surface area contributed by atoms with E-state index in [1.165, 1.54) is 18.2 Å². The Balaban J connectivity index is 1.24. The molecular formula is C26H18N2O6. The van der Waals surface area contributed by atoms with Crippen LogP contribution >= 0.6 is 0 Å². The lowest BCUT2D eigenvalue weighted by Gasteiger charge is -2.14. The summed E-state index contributed by atoms with van der Waals surface area (Å²) < 4.78 is 5.23. The molecule has 0 N–H and O–H groups in total. The van der Waals surface area contributed by atoms with Crippen LogP contribution in [0.2, 0.25) is 0 Å². The van der Waals surface area contributed by atoms with E-state index in [0.29, 0.717) is 11.1 Å². The third-order valence-electron chi connectivity index (χ3n) is 5.82. The molecule has 8 nitrogen and oxygen atoms in total. The summed E-state index contributed by atoms with van der Waals surface area (Å²) >= 11 is 0. The van der Waals surface area contributed by atoms with E-state index in [1.807, 2.05) is 30.3 Å². The zero-order valence-corrected chi connectivity index (χ0v) is 17.9. The average Bonchev–Trinajstić information content (AvgIpc) is 3.25. The summed E-state index contributed by atoms with van der Waals surface area (Å²) in [6.07, 6.45) is 0. The van der Waals surface area contributed by atoms with Crippen LogP contribution in [0.15, 0.2) is 72.8 Å². The first kappa shape index (κ1) is 21.3. The number of fused-ring (bicyclic) bond motifs is 2. The van der Waals surface area contributed by atoms with Crippen molar-refractivity contribution in [1.29, 1.82) is 0 Å². The highest BCUT2D eigenvalue weighted by Gasteiger charge is 2.37. The largest absolute Gasteiger partial charge is 0.460 e. The Morgan fingerprint density at radius 3 is 1.88 bits per heavy atom. The van der Waals surface area contributed by atoms with Crippen LogP contribution in [0.1, 0.15) is 57.4 Å². The predicted molar refractivity (Wildman–Crippen MR) is 119 cm³/mol. The highest BCUT2D eigenvalue weighted by atomic mass is 16.5. The first-order valence-corrected chi connectivity index (χ1v) is 10.6. The summed E-state index contributed by atoms with van der Waals surface area (Å²) in [5.74, 6) is -2.49. The standard InChI is InChI=1S/C26H18N2O6/c29-22-18-8-4-5-9-19(18)23(30)27(22)12-13-34-26(33)17-10-11-20-21(14-17)25(32)28(24(20)31)15-16-6-2-1-3-7-16/h1-11,14H,12-13,15H2. The summed E-state index contributed by atoms with van der Waals surface area (Å²) in [5, 5.41) is 0. The summed E-state index contributed by atoms with van der Waals surface area (Å²) in [5.41, 5.74) is 1.91. The van der Waals surface area contributed by atoms with Crippen LogP contribution in [-0.4, -0.2) is 52.5 Å².